The summed E-state index contributed by atoms with van der Waals surface area (Å²) in [6.07, 6.45) is 0.326. The molecule has 0 aromatic heterocycles. The number of carbonyl (C=O) groups excluding carboxylic acids is 2. The third-order valence-electron chi connectivity index (χ3n) is 3.46. The first-order chi connectivity index (χ1) is 10.0. The van der Waals surface area contributed by atoms with Crippen LogP contribution in [0.3, 0.4) is 0 Å². The van der Waals surface area contributed by atoms with E-state index >= 15 is 0 Å². The van der Waals surface area contributed by atoms with Gasteiger partial charge < -0.3 is 25.4 Å². The Bertz CT molecular complexity index is 547. The fourth-order valence-electron chi connectivity index (χ4n) is 2.43. The highest BCUT2D eigenvalue weighted by atomic mass is 16.5. The van der Waals surface area contributed by atoms with Crippen molar-refractivity contribution in [3.63, 3.8) is 0 Å². The van der Waals surface area contributed by atoms with Crippen molar-refractivity contribution in [3.05, 3.63) is 23.8 Å². The Morgan fingerprint density at radius 2 is 2.10 bits per heavy atom. The summed E-state index contributed by atoms with van der Waals surface area (Å²) in [6, 6.07) is 5.12. The average molecular weight is 293 g/mol. The van der Waals surface area contributed by atoms with Crippen LogP contribution in [0.1, 0.15) is 16.8 Å². The summed E-state index contributed by atoms with van der Waals surface area (Å²) < 4.78 is 9.38. The molecule has 7 nitrogen and oxygen atoms in total. The highest BCUT2D eigenvalue weighted by Crippen LogP contribution is 2.27. The molecule has 3 N–H and O–H groups in total. The van der Waals surface area contributed by atoms with Crippen molar-refractivity contribution in [2.45, 2.75) is 12.5 Å². The van der Waals surface area contributed by atoms with Crippen LogP contribution in [-0.2, 0) is 9.47 Å². The molecule has 7 heteroatoms. The second-order valence-electron chi connectivity index (χ2n) is 4.84. The first-order valence-electron chi connectivity index (χ1n) is 6.62. The minimum absolute atomic E-state index is 0.0134. The highest BCUT2D eigenvalue weighted by molar-refractivity contribution is 5.97. The lowest BCUT2D eigenvalue weighted by Gasteiger charge is -2.21. The van der Waals surface area contributed by atoms with Gasteiger partial charge in [-0.2, -0.15) is 0 Å². The number of nitrogens with one attached hydrogen (secondary N) is 1. The second kappa shape index (κ2) is 6.34. The first kappa shape index (κ1) is 15.0. The molecule has 1 aromatic rings. The normalized spacial score (nSPS) is 17.4. The lowest BCUT2D eigenvalue weighted by Crippen LogP contribution is -2.37. The SMILES string of the molecule is COC(=O)NC1CCN(c2ccc(N)cc2C(=O)OC)C1. The maximum atomic E-state index is 11.9. The standard InChI is InChI=1S/C14H19N3O4/c1-20-13(18)11-7-9(15)3-4-12(11)17-6-5-10(8-17)16-14(19)21-2/h3-4,7,10H,5-6,8,15H2,1-2H3,(H,16,19). The number of nitrogens with zero attached hydrogens (tertiary/aromatic N) is 1. The predicted octanol–water partition coefficient (Wildman–Crippen LogP) is 0.990. The number of nitrogens with two attached hydrogens (primary N) is 1. The van der Waals surface area contributed by atoms with Gasteiger partial charge in [-0.3, -0.25) is 0 Å². The van der Waals surface area contributed by atoms with Crippen LogP contribution in [0.2, 0.25) is 0 Å². The van der Waals surface area contributed by atoms with Crippen molar-refractivity contribution < 1.29 is 19.1 Å². The Morgan fingerprint density at radius 3 is 2.76 bits per heavy atom. The molecule has 0 radical (unpaired) electrons. The lowest BCUT2D eigenvalue weighted by atomic mass is 10.1. The number of nitrogen functional groups attached to an aromatic ring is 1. The zero-order valence-electron chi connectivity index (χ0n) is 12.1. The van der Waals surface area contributed by atoms with Gasteiger partial charge in [-0.15, -0.1) is 0 Å². The number of rotatable bonds is 3. The summed E-state index contributed by atoms with van der Waals surface area (Å²) in [5, 5.41) is 2.76. The number of methoxy groups -OCH3 is 2. The topological polar surface area (TPSA) is 93.9 Å². The monoisotopic (exact) mass is 293 g/mol. The van der Waals surface area contributed by atoms with Crippen molar-refractivity contribution in [2.24, 2.45) is 0 Å². The maximum Gasteiger partial charge on any atom is 0.407 e. The fourth-order valence-corrected chi connectivity index (χ4v) is 2.43. The Hall–Kier alpha value is -2.44. The van der Waals surface area contributed by atoms with Gasteiger partial charge in [-0.1, -0.05) is 0 Å². The van der Waals surface area contributed by atoms with Gasteiger partial charge in [-0.25, -0.2) is 9.59 Å². The molecular formula is C14H19N3O4. The molecule has 1 saturated heterocycles. The molecular weight excluding hydrogens is 274 g/mol. The van der Waals surface area contributed by atoms with Crippen LogP contribution in [-0.4, -0.2) is 45.4 Å². The van der Waals surface area contributed by atoms with Crippen LogP contribution in [0.4, 0.5) is 16.2 Å². The number of amides is 1. The molecule has 0 bridgehead atoms. The summed E-state index contributed by atoms with van der Waals surface area (Å²) >= 11 is 0. The molecule has 21 heavy (non-hydrogen) atoms. The number of anilines is 2. The summed E-state index contributed by atoms with van der Waals surface area (Å²) in [6.45, 7) is 1.32. The van der Waals surface area contributed by atoms with E-state index in [1.54, 1.807) is 18.2 Å². The molecule has 114 valence electrons. The molecule has 1 unspecified atom stereocenters. The van der Waals surface area contributed by atoms with Crippen molar-refractivity contribution in [1.29, 1.82) is 0 Å². The van der Waals surface area contributed by atoms with Gasteiger partial charge in [0.25, 0.3) is 0 Å². The number of ether oxygens (including phenoxy) is 2. The summed E-state index contributed by atoms with van der Waals surface area (Å²) in [5.74, 6) is -0.429. The number of carbonyl (C=O) groups is 2. The van der Waals surface area contributed by atoms with Crippen LogP contribution in [0.15, 0.2) is 18.2 Å². The van der Waals surface area contributed by atoms with Gasteiger partial charge in [0, 0.05) is 18.8 Å². The van der Waals surface area contributed by atoms with Crippen LogP contribution >= 0.6 is 0 Å². The quantitative estimate of drug-likeness (QED) is 0.637. The van der Waals surface area contributed by atoms with Crippen LogP contribution in [0.25, 0.3) is 0 Å². The van der Waals surface area contributed by atoms with Gasteiger partial charge in [0.15, 0.2) is 0 Å². The highest BCUT2D eigenvalue weighted by Gasteiger charge is 2.27. The van der Waals surface area contributed by atoms with E-state index in [2.05, 4.69) is 10.1 Å². The minimum atomic E-state index is -0.452. The van der Waals surface area contributed by atoms with Crippen LogP contribution in [0, 0.1) is 0 Å². The van der Waals surface area contributed by atoms with Crippen molar-refractivity contribution >= 4 is 23.4 Å². The molecule has 1 aliphatic heterocycles. The van der Waals surface area contributed by atoms with Crippen LogP contribution < -0.4 is 16.0 Å². The van der Waals surface area contributed by atoms with E-state index in [1.807, 2.05) is 4.90 Å². The number of hydrogen-bond donors (Lipinski definition) is 2. The molecule has 0 aliphatic carbocycles. The first-order valence-corrected chi connectivity index (χ1v) is 6.62. The Kier molecular flexibility index (Phi) is 4.52. The van der Waals surface area contributed by atoms with E-state index in [-0.39, 0.29) is 6.04 Å². The van der Waals surface area contributed by atoms with E-state index in [1.165, 1.54) is 14.2 Å². The molecule has 1 aromatic carbocycles. The van der Waals surface area contributed by atoms with E-state index in [0.29, 0.717) is 17.8 Å². The molecule has 0 saturated carbocycles. The fraction of sp³-hybridized carbons (Fsp3) is 0.429. The van der Waals surface area contributed by atoms with E-state index in [9.17, 15) is 9.59 Å². The second-order valence-corrected chi connectivity index (χ2v) is 4.84. The summed E-state index contributed by atoms with van der Waals surface area (Å²) in [4.78, 5) is 25.1. The number of benzene rings is 1. The van der Waals surface area contributed by atoms with E-state index < -0.39 is 12.1 Å². The van der Waals surface area contributed by atoms with Gasteiger partial charge in [0.05, 0.1) is 31.5 Å². The summed E-state index contributed by atoms with van der Waals surface area (Å²) in [7, 11) is 2.66. The number of esters is 1. The smallest absolute Gasteiger partial charge is 0.407 e. The van der Waals surface area contributed by atoms with Crippen molar-refractivity contribution in [2.75, 3.05) is 37.9 Å². The van der Waals surface area contributed by atoms with Gasteiger partial charge in [-0.05, 0) is 24.6 Å². The zero-order chi connectivity index (χ0) is 15.4. The maximum absolute atomic E-state index is 11.9. The minimum Gasteiger partial charge on any atom is -0.465 e. The molecule has 1 fully saturated rings. The molecule has 1 atom stereocenters. The number of hydrogen-bond acceptors (Lipinski definition) is 6. The molecule has 1 aliphatic rings. The average Bonchev–Trinajstić information content (AvgIpc) is 2.94. The van der Waals surface area contributed by atoms with Gasteiger partial charge >= 0.3 is 12.1 Å². The van der Waals surface area contributed by atoms with E-state index in [0.717, 1.165) is 18.7 Å². The van der Waals surface area contributed by atoms with Gasteiger partial charge in [0.1, 0.15) is 0 Å². The van der Waals surface area contributed by atoms with Gasteiger partial charge in [0.2, 0.25) is 0 Å². The summed E-state index contributed by atoms with van der Waals surface area (Å²) in [5.41, 5.74) is 7.41. The molecule has 1 amide bonds. The largest absolute Gasteiger partial charge is 0.465 e. The third-order valence-corrected chi connectivity index (χ3v) is 3.46. The molecule has 1 heterocycles. The van der Waals surface area contributed by atoms with Crippen LogP contribution in [0.5, 0.6) is 0 Å². The lowest BCUT2D eigenvalue weighted by molar-refractivity contribution is 0.0601. The number of alkyl carbamates (subject to hydrolysis) is 1. The van der Waals surface area contributed by atoms with Crippen molar-refractivity contribution in [1.82, 2.24) is 5.32 Å². The van der Waals surface area contributed by atoms with E-state index in [4.69, 9.17) is 10.5 Å². The van der Waals surface area contributed by atoms with Crippen molar-refractivity contribution in [3.8, 4) is 0 Å². The third kappa shape index (κ3) is 3.36. The Labute approximate surface area is 123 Å². The predicted molar refractivity (Wildman–Crippen MR) is 78.4 cm³/mol. The Morgan fingerprint density at radius 1 is 1.33 bits per heavy atom. The molecule has 2 rings (SSSR count). The Balaban J connectivity index is 2.16. The molecule has 0 spiro atoms. The zero-order valence-corrected chi connectivity index (χ0v) is 12.1.